The van der Waals surface area contributed by atoms with Gasteiger partial charge in [-0.3, -0.25) is 15.1 Å². The molecule has 1 aliphatic heterocycles. The van der Waals surface area contributed by atoms with Crippen molar-refractivity contribution in [1.29, 1.82) is 0 Å². The Hall–Kier alpha value is -2.15. The van der Waals surface area contributed by atoms with Crippen LogP contribution in [0.4, 0.5) is 11.4 Å². The summed E-state index contributed by atoms with van der Waals surface area (Å²) in [5.74, 6) is -0.429. The van der Waals surface area contributed by atoms with Crippen LogP contribution in [0.15, 0.2) is 24.3 Å². The second-order valence-electron chi connectivity index (χ2n) is 2.93. The number of nitro groups is 1. The molecular formula is C8H7N3O4. The molecule has 0 aromatic heterocycles. The van der Waals surface area contributed by atoms with Crippen molar-refractivity contribution in [3.63, 3.8) is 0 Å². The summed E-state index contributed by atoms with van der Waals surface area (Å²) in [4.78, 5) is 25.3. The van der Waals surface area contributed by atoms with Gasteiger partial charge in [0.25, 0.3) is 5.69 Å². The highest BCUT2D eigenvalue weighted by atomic mass is 16.7. The van der Waals surface area contributed by atoms with Crippen molar-refractivity contribution in [3.05, 3.63) is 34.4 Å². The van der Waals surface area contributed by atoms with Gasteiger partial charge in [-0.15, -0.1) is 0 Å². The van der Waals surface area contributed by atoms with Gasteiger partial charge in [0.1, 0.15) is 6.54 Å². The maximum atomic E-state index is 10.8. The van der Waals surface area contributed by atoms with Crippen LogP contribution in [0, 0.1) is 10.1 Å². The summed E-state index contributed by atoms with van der Waals surface area (Å²) in [5.41, 5.74) is 2.83. The third-order valence-electron chi connectivity index (χ3n) is 1.91. The van der Waals surface area contributed by atoms with Crippen LogP contribution in [0.2, 0.25) is 0 Å². The van der Waals surface area contributed by atoms with Gasteiger partial charge in [0.2, 0.25) is 0 Å². The van der Waals surface area contributed by atoms with Gasteiger partial charge in [-0.2, -0.15) is 0 Å². The van der Waals surface area contributed by atoms with Crippen LogP contribution in [0.1, 0.15) is 0 Å². The van der Waals surface area contributed by atoms with Crippen LogP contribution in [0.25, 0.3) is 0 Å². The van der Waals surface area contributed by atoms with Crippen LogP contribution >= 0.6 is 0 Å². The van der Waals surface area contributed by atoms with Gasteiger partial charge in [0, 0.05) is 12.1 Å². The second kappa shape index (κ2) is 3.54. The van der Waals surface area contributed by atoms with E-state index in [2.05, 4.69) is 10.4 Å². The van der Waals surface area contributed by atoms with Crippen LogP contribution in [-0.2, 0) is 9.63 Å². The summed E-state index contributed by atoms with van der Waals surface area (Å²) >= 11 is 0. The summed E-state index contributed by atoms with van der Waals surface area (Å²) < 4.78 is 0. The molecule has 1 heterocycles. The minimum atomic E-state index is -0.498. The predicted molar refractivity (Wildman–Crippen MR) is 49.7 cm³/mol. The van der Waals surface area contributed by atoms with E-state index in [9.17, 15) is 14.9 Å². The van der Waals surface area contributed by atoms with Crippen LogP contribution in [0.5, 0.6) is 0 Å². The molecule has 1 saturated heterocycles. The molecule has 0 bridgehead atoms. The highest BCUT2D eigenvalue weighted by molar-refractivity contribution is 5.77. The summed E-state index contributed by atoms with van der Waals surface area (Å²) in [6.07, 6.45) is 0. The quantitative estimate of drug-likeness (QED) is 0.559. The molecule has 2 rings (SSSR count). The fraction of sp³-hybridized carbons (Fsp3) is 0.125. The molecule has 0 atom stereocenters. The van der Waals surface area contributed by atoms with E-state index in [0.29, 0.717) is 5.69 Å². The summed E-state index contributed by atoms with van der Waals surface area (Å²) in [6, 6.07) is 5.91. The molecule has 1 N–H and O–H groups in total. The average Bonchev–Trinajstić information content (AvgIpc) is 2.65. The number of hydrogen-bond donors (Lipinski definition) is 1. The molecule has 1 aliphatic rings. The maximum absolute atomic E-state index is 10.8. The largest absolute Gasteiger partial charge is 0.349 e. The molecule has 0 radical (unpaired) electrons. The number of anilines is 1. The Morgan fingerprint density at radius 3 is 2.93 bits per heavy atom. The Kier molecular flexibility index (Phi) is 2.22. The SMILES string of the molecule is O=C1CN(c2cccc([N+](=O)[O-])c2)NO1. The van der Waals surface area contributed by atoms with E-state index >= 15 is 0 Å². The molecule has 0 amide bonds. The summed E-state index contributed by atoms with van der Waals surface area (Å²) in [6.45, 7) is 0.0289. The van der Waals surface area contributed by atoms with E-state index in [1.54, 1.807) is 6.07 Å². The van der Waals surface area contributed by atoms with E-state index in [0.717, 1.165) is 0 Å². The number of hydrazine groups is 1. The van der Waals surface area contributed by atoms with Gasteiger partial charge >= 0.3 is 5.97 Å². The zero-order chi connectivity index (χ0) is 10.8. The van der Waals surface area contributed by atoms with Crippen LogP contribution in [-0.4, -0.2) is 17.4 Å². The van der Waals surface area contributed by atoms with Gasteiger partial charge in [-0.25, -0.2) is 4.79 Å². The zero-order valence-electron chi connectivity index (χ0n) is 7.54. The lowest BCUT2D eigenvalue weighted by atomic mass is 10.3. The summed E-state index contributed by atoms with van der Waals surface area (Å²) in [5, 5.41) is 11.9. The Labute approximate surface area is 84.3 Å². The van der Waals surface area contributed by atoms with Crippen molar-refractivity contribution in [2.45, 2.75) is 0 Å². The zero-order valence-corrected chi connectivity index (χ0v) is 7.54. The van der Waals surface area contributed by atoms with Gasteiger partial charge in [-0.1, -0.05) is 11.7 Å². The van der Waals surface area contributed by atoms with Gasteiger partial charge in [-0.05, 0) is 6.07 Å². The number of nitro benzene ring substituents is 1. The van der Waals surface area contributed by atoms with Crippen LogP contribution in [0.3, 0.4) is 0 Å². The first-order valence-corrected chi connectivity index (χ1v) is 4.14. The number of nitrogens with zero attached hydrogens (tertiary/aromatic N) is 2. The van der Waals surface area contributed by atoms with E-state index in [4.69, 9.17) is 0 Å². The molecule has 78 valence electrons. The Balaban J connectivity index is 2.25. The molecule has 1 aromatic rings. The number of benzene rings is 1. The Bertz CT molecular complexity index is 420. The van der Waals surface area contributed by atoms with Gasteiger partial charge in [0.05, 0.1) is 10.6 Å². The highest BCUT2D eigenvalue weighted by Crippen LogP contribution is 2.20. The smallest absolute Gasteiger partial charge is 0.347 e. The Morgan fingerprint density at radius 2 is 2.33 bits per heavy atom. The van der Waals surface area contributed by atoms with Gasteiger partial charge < -0.3 is 4.84 Å². The molecule has 0 aliphatic carbocycles. The van der Waals surface area contributed by atoms with Crippen molar-refractivity contribution in [3.8, 4) is 0 Å². The standard InChI is InChI=1S/C8H7N3O4/c12-8-5-10(9-15-8)6-2-1-3-7(4-6)11(13)14/h1-4,9H,5H2. The fourth-order valence-electron chi connectivity index (χ4n) is 1.22. The number of hydrogen-bond acceptors (Lipinski definition) is 6. The highest BCUT2D eigenvalue weighted by Gasteiger charge is 2.22. The topological polar surface area (TPSA) is 84.7 Å². The first-order chi connectivity index (χ1) is 7.16. The normalized spacial score (nSPS) is 15.2. The van der Waals surface area contributed by atoms with Crippen molar-refractivity contribution in [2.75, 3.05) is 11.6 Å². The monoisotopic (exact) mass is 209 g/mol. The second-order valence-corrected chi connectivity index (χ2v) is 2.93. The first-order valence-electron chi connectivity index (χ1n) is 4.14. The van der Waals surface area contributed by atoms with Gasteiger partial charge in [0.15, 0.2) is 0 Å². The maximum Gasteiger partial charge on any atom is 0.347 e. The number of nitrogens with one attached hydrogen (secondary N) is 1. The average molecular weight is 209 g/mol. The number of non-ortho nitro benzene ring substituents is 1. The number of rotatable bonds is 2. The molecule has 7 nitrogen and oxygen atoms in total. The molecule has 0 spiro atoms. The third-order valence-corrected chi connectivity index (χ3v) is 1.91. The molecule has 7 heteroatoms. The minimum absolute atomic E-state index is 0.0289. The third kappa shape index (κ3) is 1.86. The summed E-state index contributed by atoms with van der Waals surface area (Å²) in [7, 11) is 0. The lowest BCUT2D eigenvalue weighted by Gasteiger charge is -2.12. The Morgan fingerprint density at radius 1 is 1.53 bits per heavy atom. The molecule has 0 saturated carbocycles. The van der Waals surface area contributed by atoms with E-state index in [-0.39, 0.29) is 12.2 Å². The molecule has 1 fully saturated rings. The van der Waals surface area contributed by atoms with Crippen LogP contribution < -0.4 is 10.6 Å². The van der Waals surface area contributed by atoms with Crippen molar-refractivity contribution < 1.29 is 14.6 Å². The van der Waals surface area contributed by atoms with E-state index in [1.807, 2.05) is 0 Å². The van der Waals surface area contributed by atoms with E-state index < -0.39 is 10.9 Å². The lowest BCUT2D eigenvalue weighted by molar-refractivity contribution is -0.384. The molecule has 0 unspecified atom stereocenters. The van der Waals surface area contributed by atoms with Crippen molar-refractivity contribution >= 4 is 17.3 Å². The number of carbonyl (C=O) groups excluding carboxylic acids is 1. The number of carbonyl (C=O) groups is 1. The van der Waals surface area contributed by atoms with Crippen molar-refractivity contribution in [1.82, 2.24) is 5.59 Å². The molecule has 1 aromatic carbocycles. The molecule has 15 heavy (non-hydrogen) atoms. The van der Waals surface area contributed by atoms with E-state index in [1.165, 1.54) is 23.2 Å². The first kappa shape index (κ1) is 9.41. The predicted octanol–water partition coefficient (Wildman–Crippen LogP) is 0.378. The van der Waals surface area contributed by atoms with Crippen molar-refractivity contribution in [2.24, 2.45) is 0 Å². The minimum Gasteiger partial charge on any atom is -0.349 e. The fourth-order valence-corrected chi connectivity index (χ4v) is 1.22. The lowest BCUT2D eigenvalue weighted by Crippen LogP contribution is -2.29. The molecular weight excluding hydrogens is 202 g/mol.